The van der Waals surface area contributed by atoms with E-state index in [0.717, 1.165) is 24.0 Å². The predicted molar refractivity (Wildman–Crippen MR) is 253 cm³/mol. The molecular weight excluding hydrogens is 821 g/mol. The summed E-state index contributed by atoms with van der Waals surface area (Å²) in [5.41, 5.74) is 2.99. The SMILES string of the molecule is CCCCCCCCOCc1cc(C(C)=O)ccc1OCC(O)CNC(C)C.CCCCCCCCOCc1cc(C(C)=O)ccc1OCC(O)CNC(C)C.O=C(O)/C=C/C(=O)O. The molecule has 14 nitrogen and oxygen atoms in total. The van der Waals surface area contributed by atoms with Gasteiger partial charge in [0.05, 0.1) is 13.2 Å². The molecular formula is C50H82N2O12. The van der Waals surface area contributed by atoms with Gasteiger partial charge in [-0.25, -0.2) is 9.59 Å². The van der Waals surface area contributed by atoms with Crippen molar-refractivity contribution in [2.75, 3.05) is 39.5 Å². The van der Waals surface area contributed by atoms with Crippen LogP contribution in [0.15, 0.2) is 48.6 Å². The van der Waals surface area contributed by atoms with E-state index in [1.165, 1.54) is 64.2 Å². The third-order valence-electron chi connectivity index (χ3n) is 9.49. The fourth-order valence-electron chi connectivity index (χ4n) is 5.81. The number of benzene rings is 2. The smallest absolute Gasteiger partial charge is 0.328 e. The van der Waals surface area contributed by atoms with E-state index in [9.17, 15) is 29.4 Å². The van der Waals surface area contributed by atoms with E-state index in [4.69, 9.17) is 29.2 Å². The van der Waals surface area contributed by atoms with Crippen LogP contribution in [0.5, 0.6) is 11.5 Å². The van der Waals surface area contributed by atoms with Crippen LogP contribution in [0.25, 0.3) is 0 Å². The molecule has 0 aliphatic heterocycles. The summed E-state index contributed by atoms with van der Waals surface area (Å²) < 4.78 is 23.3. The van der Waals surface area contributed by atoms with Crippen molar-refractivity contribution in [2.24, 2.45) is 0 Å². The molecule has 2 unspecified atom stereocenters. The van der Waals surface area contributed by atoms with E-state index >= 15 is 0 Å². The molecule has 2 atom stereocenters. The summed E-state index contributed by atoms with van der Waals surface area (Å²) in [6.07, 6.45) is 14.6. The molecule has 2 aromatic carbocycles. The minimum Gasteiger partial charge on any atom is -0.490 e. The Hall–Kier alpha value is -4.18. The highest BCUT2D eigenvalue weighted by molar-refractivity contribution is 5.95. The van der Waals surface area contributed by atoms with E-state index in [1.807, 2.05) is 39.8 Å². The van der Waals surface area contributed by atoms with Crippen molar-refractivity contribution in [3.8, 4) is 11.5 Å². The molecule has 0 saturated carbocycles. The molecule has 0 radical (unpaired) electrons. The number of carbonyl (C=O) groups excluding carboxylic acids is 2. The van der Waals surface area contributed by atoms with E-state index in [0.29, 0.717) is 86.4 Å². The van der Waals surface area contributed by atoms with Crippen LogP contribution in [0.4, 0.5) is 0 Å². The summed E-state index contributed by atoms with van der Waals surface area (Å²) in [6.45, 7) is 19.3. The number of carboxylic acid groups (broad SMARTS) is 2. The first-order valence-corrected chi connectivity index (χ1v) is 23.2. The van der Waals surface area contributed by atoms with Crippen LogP contribution in [0.3, 0.4) is 0 Å². The van der Waals surface area contributed by atoms with Crippen LogP contribution in [0.2, 0.25) is 0 Å². The molecule has 14 heteroatoms. The van der Waals surface area contributed by atoms with Gasteiger partial charge in [-0.2, -0.15) is 0 Å². The zero-order valence-corrected chi connectivity index (χ0v) is 40.1. The highest BCUT2D eigenvalue weighted by Gasteiger charge is 2.13. The summed E-state index contributed by atoms with van der Waals surface area (Å²) in [5, 5.41) is 42.1. The van der Waals surface area contributed by atoms with E-state index in [2.05, 4.69) is 24.5 Å². The summed E-state index contributed by atoms with van der Waals surface area (Å²) in [4.78, 5) is 42.5. The molecule has 364 valence electrons. The molecule has 0 fully saturated rings. The number of hydrogen-bond acceptors (Lipinski definition) is 12. The lowest BCUT2D eigenvalue weighted by atomic mass is 10.1. The van der Waals surface area contributed by atoms with Crippen molar-refractivity contribution in [1.82, 2.24) is 10.6 Å². The van der Waals surface area contributed by atoms with Crippen molar-refractivity contribution >= 4 is 23.5 Å². The third-order valence-corrected chi connectivity index (χ3v) is 9.49. The summed E-state index contributed by atoms with van der Waals surface area (Å²) in [5.74, 6) is -1.15. The van der Waals surface area contributed by atoms with Gasteiger partial charge in [0.1, 0.15) is 36.9 Å². The van der Waals surface area contributed by atoms with Crippen LogP contribution < -0.4 is 20.1 Å². The van der Waals surface area contributed by atoms with E-state index in [-0.39, 0.29) is 24.8 Å². The van der Waals surface area contributed by atoms with Crippen molar-refractivity contribution in [2.45, 2.75) is 170 Å². The average Bonchev–Trinajstić information content (AvgIpc) is 3.25. The Morgan fingerprint density at radius 3 is 1.22 bits per heavy atom. The molecule has 6 N–H and O–H groups in total. The molecule has 0 heterocycles. The van der Waals surface area contributed by atoms with Crippen molar-refractivity contribution < 1.29 is 58.6 Å². The zero-order chi connectivity index (χ0) is 48.1. The quantitative estimate of drug-likeness (QED) is 0.0221. The lowest BCUT2D eigenvalue weighted by Crippen LogP contribution is -2.35. The van der Waals surface area contributed by atoms with Crippen LogP contribution in [-0.2, 0) is 32.3 Å². The Morgan fingerprint density at radius 2 is 0.906 bits per heavy atom. The first-order chi connectivity index (χ1) is 30.5. The lowest BCUT2D eigenvalue weighted by Gasteiger charge is -2.17. The first kappa shape index (κ1) is 59.8. The first-order valence-electron chi connectivity index (χ1n) is 23.2. The Labute approximate surface area is 383 Å². The second-order valence-corrected chi connectivity index (χ2v) is 16.5. The van der Waals surface area contributed by atoms with E-state index in [1.54, 1.807) is 38.1 Å². The molecule has 2 aromatic rings. The minimum absolute atomic E-state index is 0.0184. The normalized spacial score (nSPS) is 12.0. The Balaban J connectivity index is 0.00000106. The van der Waals surface area contributed by atoms with Crippen LogP contribution in [-0.4, -0.2) is 108 Å². The number of aliphatic carboxylic acids is 2. The van der Waals surface area contributed by atoms with Gasteiger partial charge in [-0.05, 0) is 63.1 Å². The number of ether oxygens (including phenoxy) is 4. The van der Waals surface area contributed by atoms with Gasteiger partial charge in [-0.15, -0.1) is 0 Å². The molecule has 0 aliphatic carbocycles. The number of carboxylic acids is 2. The molecule has 2 rings (SSSR count). The maximum absolute atomic E-state index is 11.7. The molecule has 64 heavy (non-hydrogen) atoms. The Morgan fingerprint density at radius 1 is 0.562 bits per heavy atom. The van der Waals surface area contributed by atoms with Gasteiger partial charge in [0, 0.05) is 72.8 Å². The monoisotopic (exact) mass is 903 g/mol. The van der Waals surface area contributed by atoms with E-state index < -0.39 is 24.1 Å². The van der Waals surface area contributed by atoms with Crippen molar-refractivity contribution in [3.63, 3.8) is 0 Å². The molecule has 0 aliphatic rings. The van der Waals surface area contributed by atoms with Gasteiger partial charge in [0.2, 0.25) is 0 Å². The fourth-order valence-corrected chi connectivity index (χ4v) is 5.81. The second-order valence-electron chi connectivity index (χ2n) is 16.5. The number of ketones is 2. The maximum Gasteiger partial charge on any atom is 0.328 e. The van der Waals surface area contributed by atoms with Gasteiger partial charge < -0.3 is 50.0 Å². The lowest BCUT2D eigenvalue weighted by molar-refractivity contribution is -0.134. The second kappa shape index (κ2) is 38.1. The van der Waals surface area contributed by atoms with Crippen LogP contribution >= 0.6 is 0 Å². The summed E-state index contributed by atoms with van der Waals surface area (Å²) >= 11 is 0. The molecule has 0 amide bonds. The van der Waals surface area contributed by atoms with Gasteiger partial charge in [0.15, 0.2) is 11.6 Å². The number of aliphatic hydroxyl groups excluding tert-OH is 2. The minimum atomic E-state index is -1.26. The fraction of sp³-hybridized carbons (Fsp3) is 0.640. The highest BCUT2D eigenvalue weighted by atomic mass is 16.5. The summed E-state index contributed by atoms with van der Waals surface area (Å²) in [7, 11) is 0. The number of aliphatic hydroxyl groups is 2. The van der Waals surface area contributed by atoms with Gasteiger partial charge in [0.25, 0.3) is 0 Å². The van der Waals surface area contributed by atoms with Gasteiger partial charge >= 0.3 is 11.9 Å². The average molecular weight is 903 g/mol. The zero-order valence-electron chi connectivity index (χ0n) is 40.1. The van der Waals surface area contributed by atoms with Gasteiger partial charge in [-0.3, -0.25) is 9.59 Å². The number of nitrogens with one attached hydrogen (secondary N) is 2. The van der Waals surface area contributed by atoms with Crippen molar-refractivity contribution in [1.29, 1.82) is 0 Å². The molecule has 0 spiro atoms. The number of Topliss-reactive ketones (excluding diaryl/α,β-unsaturated/α-hetero) is 2. The number of hydrogen-bond donors (Lipinski definition) is 6. The number of carbonyl (C=O) groups is 4. The van der Waals surface area contributed by atoms with Gasteiger partial charge in [-0.1, -0.05) is 106 Å². The molecule has 0 aromatic heterocycles. The number of rotatable bonds is 34. The largest absolute Gasteiger partial charge is 0.490 e. The maximum atomic E-state index is 11.7. The summed E-state index contributed by atoms with van der Waals surface area (Å²) in [6, 6.07) is 11.4. The Bertz CT molecular complexity index is 1480. The third kappa shape index (κ3) is 33.3. The molecule has 0 bridgehead atoms. The molecule has 0 saturated heterocycles. The predicted octanol–water partition coefficient (Wildman–Crippen LogP) is 8.72. The topological polar surface area (TPSA) is 210 Å². The number of unbranched alkanes of at least 4 members (excludes halogenated alkanes) is 10. The van der Waals surface area contributed by atoms with Crippen LogP contribution in [0, 0.1) is 0 Å². The highest BCUT2D eigenvalue weighted by Crippen LogP contribution is 2.24. The standard InChI is InChI=1S/2C23H39NO4.C4H4O4/c2*1-5-6-7-8-9-10-13-27-16-21-14-20(19(4)25)11-12-23(21)28-17-22(26)15-24-18(2)3;5-3(6)1-2-4(7)8/h2*11-12,14,18,22,24,26H,5-10,13,15-17H2,1-4H3;1-2H,(H,5,6)(H,7,8)/b;;2-1+. The van der Waals surface area contributed by atoms with Crippen LogP contribution in [0.1, 0.15) is 164 Å². The van der Waals surface area contributed by atoms with Crippen molar-refractivity contribution in [3.05, 3.63) is 70.8 Å². The Kier molecular flexibility index (Phi) is 35.6.